The lowest BCUT2D eigenvalue weighted by molar-refractivity contribution is 0.0696. The number of hydrogen-bond donors (Lipinski definition) is 1. The molecular formula is C11H10O4S2. The summed E-state index contributed by atoms with van der Waals surface area (Å²) in [4.78, 5) is 11.4. The van der Waals surface area contributed by atoms with Gasteiger partial charge in [0.1, 0.15) is 0 Å². The van der Waals surface area contributed by atoms with Gasteiger partial charge in [0.05, 0.1) is 15.4 Å². The summed E-state index contributed by atoms with van der Waals surface area (Å²) in [6, 6.07) is 4.31. The number of carboxylic acid groups (broad SMARTS) is 1. The number of hydrogen-bond acceptors (Lipinski definition) is 4. The Morgan fingerprint density at radius 2 is 2.12 bits per heavy atom. The first-order valence-corrected chi connectivity index (χ1v) is 7.67. The smallest absolute Gasteiger partial charge is 0.336 e. The molecule has 0 fully saturated rings. The van der Waals surface area contributed by atoms with Crippen LogP contribution in [-0.2, 0) is 9.84 Å². The van der Waals surface area contributed by atoms with E-state index in [1.807, 2.05) is 0 Å². The largest absolute Gasteiger partial charge is 0.478 e. The zero-order valence-corrected chi connectivity index (χ0v) is 10.6. The Morgan fingerprint density at radius 1 is 1.41 bits per heavy atom. The van der Waals surface area contributed by atoms with E-state index in [4.69, 9.17) is 5.11 Å². The second-order valence-electron chi connectivity index (χ2n) is 3.57. The van der Waals surface area contributed by atoms with E-state index >= 15 is 0 Å². The molecule has 0 unspecified atom stereocenters. The minimum atomic E-state index is -3.49. The number of rotatable bonds is 3. The fraction of sp³-hybridized carbons (Fsp3) is 0.182. The van der Waals surface area contributed by atoms with Gasteiger partial charge in [0.15, 0.2) is 0 Å². The van der Waals surface area contributed by atoms with Crippen LogP contribution in [0.1, 0.15) is 15.9 Å². The van der Waals surface area contributed by atoms with E-state index < -0.39 is 15.8 Å². The molecule has 90 valence electrons. The van der Waals surface area contributed by atoms with Gasteiger partial charge < -0.3 is 5.11 Å². The van der Waals surface area contributed by atoms with Crippen LogP contribution >= 0.6 is 11.8 Å². The number of sulfone groups is 1. The Labute approximate surface area is 103 Å². The summed E-state index contributed by atoms with van der Waals surface area (Å²) < 4.78 is 24.1. The van der Waals surface area contributed by atoms with E-state index in [2.05, 4.69) is 0 Å². The minimum Gasteiger partial charge on any atom is -0.478 e. The van der Waals surface area contributed by atoms with Gasteiger partial charge in [-0.15, -0.1) is 0 Å². The predicted molar refractivity (Wildman–Crippen MR) is 66.9 cm³/mol. The average molecular weight is 270 g/mol. The lowest BCUT2D eigenvalue weighted by Gasteiger charge is -2.03. The van der Waals surface area contributed by atoms with Crippen LogP contribution in [0.4, 0.5) is 0 Å². The van der Waals surface area contributed by atoms with Crippen LogP contribution in [0.5, 0.6) is 0 Å². The molecule has 6 heteroatoms. The Kier molecular flexibility index (Phi) is 3.01. The van der Waals surface area contributed by atoms with E-state index in [1.165, 1.54) is 36.0 Å². The number of fused-ring (bicyclic) bond motifs is 1. The summed E-state index contributed by atoms with van der Waals surface area (Å²) in [6.45, 7) is 0. The van der Waals surface area contributed by atoms with E-state index in [0.29, 0.717) is 11.3 Å². The van der Waals surface area contributed by atoms with Gasteiger partial charge in [0.2, 0.25) is 9.84 Å². The third-order valence-electron chi connectivity index (χ3n) is 2.52. The first kappa shape index (κ1) is 12.2. The number of carbonyl (C=O) groups is 1. The van der Waals surface area contributed by atoms with Crippen molar-refractivity contribution in [1.29, 1.82) is 0 Å². The molecule has 0 aliphatic carbocycles. The molecule has 4 nitrogen and oxygen atoms in total. The van der Waals surface area contributed by atoms with Crippen molar-refractivity contribution in [2.45, 2.75) is 4.90 Å². The summed E-state index contributed by atoms with van der Waals surface area (Å²) in [7, 11) is -3.49. The molecule has 0 aromatic heterocycles. The average Bonchev–Trinajstić information content (AvgIpc) is 2.52. The van der Waals surface area contributed by atoms with Crippen LogP contribution in [0.2, 0.25) is 0 Å². The molecule has 17 heavy (non-hydrogen) atoms. The standard InChI is InChI=1S/C11H10O4S2/c1-16-6-7-5-9-8(11(12)13)3-2-4-10(9)17(7,14)15/h2-5H,6H2,1H3,(H,12,13). The summed E-state index contributed by atoms with van der Waals surface area (Å²) in [6.07, 6.45) is 3.27. The fourth-order valence-electron chi connectivity index (χ4n) is 1.76. The first-order valence-electron chi connectivity index (χ1n) is 4.79. The zero-order valence-electron chi connectivity index (χ0n) is 9.00. The van der Waals surface area contributed by atoms with Gasteiger partial charge in [-0.05, 0) is 24.5 Å². The minimum absolute atomic E-state index is 0.0298. The third-order valence-corrected chi connectivity index (χ3v) is 5.19. The van der Waals surface area contributed by atoms with Crippen molar-refractivity contribution in [3.8, 4) is 0 Å². The lowest BCUT2D eigenvalue weighted by Crippen LogP contribution is -2.04. The third kappa shape index (κ3) is 1.87. The molecule has 0 amide bonds. The SMILES string of the molecule is CSCC1=Cc2c(C(=O)O)cccc2S1(=O)=O. The molecule has 1 aromatic rings. The topological polar surface area (TPSA) is 71.4 Å². The Bertz CT molecular complexity index is 614. The number of thioether (sulfide) groups is 1. The van der Waals surface area contributed by atoms with Crippen LogP contribution in [0, 0.1) is 0 Å². The molecule has 1 aromatic carbocycles. The van der Waals surface area contributed by atoms with Gasteiger partial charge in [0.25, 0.3) is 0 Å². The molecule has 0 bridgehead atoms. The van der Waals surface area contributed by atoms with Gasteiger partial charge in [-0.1, -0.05) is 6.07 Å². The van der Waals surface area contributed by atoms with Crippen molar-refractivity contribution in [3.63, 3.8) is 0 Å². The second-order valence-corrected chi connectivity index (χ2v) is 6.41. The maximum absolute atomic E-state index is 12.1. The maximum Gasteiger partial charge on any atom is 0.336 e. The summed E-state index contributed by atoms with van der Waals surface area (Å²) >= 11 is 1.39. The van der Waals surface area contributed by atoms with Gasteiger partial charge in [-0.25, -0.2) is 13.2 Å². The van der Waals surface area contributed by atoms with Crippen LogP contribution in [-0.4, -0.2) is 31.5 Å². The molecule has 0 saturated heterocycles. The molecule has 0 radical (unpaired) electrons. The predicted octanol–water partition coefficient (Wildman–Crippen LogP) is 1.88. The first-order chi connectivity index (χ1) is 7.98. The van der Waals surface area contributed by atoms with Crippen molar-refractivity contribution in [2.75, 3.05) is 12.0 Å². The van der Waals surface area contributed by atoms with Crippen molar-refractivity contribution < 1.29 is 18.3 Å². The van der Waals surface area contributed by atoms with Gasteiger partial charge in [-0.2, -0.15) is 11.8 Å². The molecule has 1 aliphatic rings. The molecule has 1 aliphatic heterocycles. The molecule has 0 saturated carbocycles. The second kappa shape index (κ2) is 4.19. The fourth-order valence-corrected chi connectivity index (χ4v) is 4.37. The van der Waals surface area contributed by atoms with E-state index in [0.717, 1.165) is 0 Å². The Hall–Kier alpha value is -1.27. The number of carboxylic acids is 1. The summed E-state index contributed by atoms with van der Waals surface area (Å²) in [5.41, 5.74) is 0.325. The highest BCUT2D eigenvalue weighted by Crippen LogP contribution is 2.35. The molecule has 1 N–H and O–H groups in total. The van der Waals surface area contributed by atoms with Crippen molar-refractivity contribution in [3.05, 3.63) is 34.2 Å². The molecule has 1 heterocycles. The summed E-state index contributed by atoms with van der Waals surface area (Å²) in [5.74, 6) is -0.755. The summed E-state index contributed by atoms with van der Waals surface area (Å²) in [5, 5.41) is 9.01. The number of benzene rings is 1. The molecule has 2 rings (SSSR count). The van der Waals surface area contributed by atoms with Crippen molar-refractivity contribution in [2.24, 2.45) is 0 Å². The molecule has 0 spiro atoms. The molecule has 0 atom stereocenters. The van der Waals surface area contributed by atoms with E-state index in [-0.39, 0.29) is 15.4 Å². The van der Waals surface area contributed by atoms with Gasteiger partial charge in [-0.3, -0.25) is 0 Å². The number of aromatic carboxylic acids is 1. The maximum atomic E-state index is 12.1. The van der Waals surface area contributed by atoms with Crippen LogP contribution in [0.15, 0.2) is 28.0 Å². The van der Waals surface area contributed by atoms with E-state index in [1.54, 1.807) is 6.26 Å². The normalized spacial score (nSPS) is 16.4. The molecular weight excluding hydrogens is 260 g/mol. The van der Waals surface area contributed by atoms with Gasteiger partial charge >= 0.3 is 5.97 Å². The Balaban J connectivity index is 2.68. The van der Waals surface area contributed by atoms with Crippen LogP contribution < -0.4 is 0 Å². The van der Waals surface area contributed by atoms with Gasteiger partial charge in [0, 0.05) is 11.3 Å². The van der Waals surface area contributed by atoms with Crippen molar-refractivity contribution >= 4 is 33.6 Å². The highest BCUT2D eigenvalue weighted by molar-refractivity contribution is 8.01. The highest BCUT2D eigenvalue weighted by Gasteiger charge is 2.31. The Morgan fingerprint density at radius 3 is 2.71 bits per heavy atom. The van der Waals surface area contributed by atoms with Crippen LogP contribution in [0.3, 0.4) is 0 Å². The van der Waals surface area contributed by atoms with Crippen molar-refractivity contribution in [1.82, 2.24) is 0 Å². The highest BCUT2D eigenvalue weighted by atomic mass is 32.2. The van der Waals surface area contributed by atoms with E-state index in [9.17, 15) is 13.2 Å². The zero-order chi connectivity index (χ0) is 12.6. The lowest BCUT2D eigenvalue weighted by atomic mass is 10.1. The quantitative estimate of drug-likeness (QED) is 0.908. The monoisotopic (exact) mass is 270 g/mol. The van der Waals surface area contributed by atoms with Crippen LogP contribution in [0.25, 0.3) is 6.08 Å².